The fraction of sp³-hybridized carbons (Fsp3) is 0. The predicted octanol–water partition coefficient (Wildman–Crippen LogP) is 1.91. The molecule has 2 heterocycles. The van der Waals surface area contributed by atoms with Crippen molar-refractivity contribution in [1.82, 2.24) is 15.0 Å². The number of carbonyl (C=O) groups excluding carboxylic acids is 1. The zero-order chi connectivity index (χ0) is 18.7. The molecule has 3 rings (SSSR count). The Morgan fingerprint density at radius 3 is 2.68 bits per heavy atom. The van der Waals surface area contributed by atoms with Gasteiger partial charge in [-0.3, -0.25) is 15.1 Å². The average molecular weight is 352 g/mol. The number of nitrogens with two attached hydrogens (primary N) is 1. The van der Waals surface area contributed by atoms with Crippen molar-refractivity contribution in [3.63, 3.8) is 0 Å². The molecule has 3 N–H and O–H groups in total. The molecule has 0 bridgehead atoms. The number of nitriles is 2. The van der Waals surface area contributed by atoms with Crippen molar-refractivity contribution in [1.29, 1.82) is 10.5 Å². The molecule has 0 aliphatic carbocycles. The summed E-state index contributed by atoms with van der Waals surface area (Å²) in [6, 6.07) is 5.63. The first-order chi connectivity index (χ1) is 12.3. The Morgan fingerprint density at radius 2 is 2.04 bits per heavy atom. The monoisotopic (exact) mass is 352 g/mol. The Bertz CT molecular complexity index is 895. The highest BCUT2D eigenvalue weighted by Crippen LogP contribution is 2.26. The Kier molecular flexibility index (Phi) is 7.66. The Labute approximate surface area is 147 Å². The molecule has 3 aromatic rings. The number of thiazole rings is 1. The van der Waals surface area contributed by atoms with E-state index in [1.54, 1.807) is 0 Å². The molecule has 124 valence electrons. The number of amides is 1. The van der Waals surface area contributed by atoms with Crippen molar-refractivity contribution < 1.29 is 4.79 Å². The molecule has 25 heavy (non-hydrogen) atoms. The summed E-state index contributed by atoms with van der Waals surface area (Å²) in [5.41, 5.74) is 1.86. The van der Waals surface area contributed by atoms with Crippen LogP contribution >= 0.6 is 11.3 Å². The van der Waals surface area contributed by atoms with Gasteiger partial charge in [0.2, 0.25) is 0 Å². The first-order valence-corrected chi connectivity index (χ1v) is 7.31. The molecule has 0 aliphatic heterocycles. The van der Waals surface area contributed by atoms with Crippen molar-refractivity contribution in [2.45, 2.75) is 0 Å². The van der Waals surface area contributed by atoms with Crippen LogP contribution in [0.4, 0.5) is 5.13 Å². The summed E-state index contributed by atoms with van der Waals surface area (Å²) < 4.78 is 0.957. The van der Waals surface area contributed by atoms with Crippen LogP contribution in [0.25, 0.3) is 10.2 Å². The largest absolute Gasteiger partial charge is 0.323 e. The van der Waals surface area contributed by atoms with E-state index in [9.17, 15) is 4.79 Å². The Hall–Kier alpha value is -3.89. The van der Waals surface area contributed by atoms with E-state index >= 15 is 0 Å². The smallest absolute Gasteiger partial charge is 0.277 e. The molecule has 0 saturated carbocycles. The molecule has 2 aromatic heterocycles. The van der Waals surface area contributed by atoms with Gasteiger partial charge in [-0.15, -0.1) is 0 Å². The van der Waals surface area contributed by atoms with Gasteiger partial charge < -0.3 is 5.84 Å². The lowest BCUT2D eigenvalue weighted by molar-refractivity contribution is 0.102. The number of anilines is 1. The third-order valence-corrected chi connectivity index (χ3v) is 3.60. The van der Waals surface area contributed by atoms with Crippen LogP contribution in [-0.4, -0.2) is 27.1 Å². The van der Waals surface area contributed by atoms with E-state index in [4.69, 9.17) is 16.4 Å². The lowest BCUT2D eigenvalue weighted by Crippen LogP contribution is -2.13. The number of benzene rings is 1. The third-order valence-electron chi connectivity index (χ3n) is 2.65. The number of carbonyl (C=O) groups is 1. The summed E-state index contributed by atoms with van der Waals surface area (Å²) in [4.78, 5) is 24.1. The maximum atomic E-state index is 12.0. The lowest BCUT2D eigenvalue weighted by Gasteiger charge is -1.98. The second-order valence-corrected chi connectivity index (χ2v) is 5.10. The number of nitrogens with one attached hydrogen (secondary N) is 1. The van der Waals surface area contributed by atoms with E-state index in [-0.39, 0.29) is 11.6 Å². The van der Waals surface area contributed by atoms with Crippen LogP contribution in [0.2, 0.25) is 0 Å². The zero-order valence-corrected chi connectivity index (χ0v) is 13.6. The standard InChI is InChI=1S/C13H10N6OS.2CHN/c14-17-6-8-1-2-11-9(5-8)18-13(21-11)19-12(20)10-7-15-3-4-16-10;2*1-2/h1-7H,14H2,(H,18,19,20);2*1H. The van der Waals surface area contributed by atoms with E-state index in [1.165, 1.54) is 36.1 Å². The van der Waals surface area contributed by atoms with Crippen LogP contribution in [0.5, 0.6) is 0 Å². The Balaban J connectivity index is 0.000000730. The van der Waals surface area contributed by atoms with Gasteiger partial charge in [-0.05, 0) is 17.7 Å². The van der Waals surface area contributed by atoms with Gasteiger partial charge in [-0.25, -0.2) is 20.5 Å². The van der Waals surface area contributed by atoms with Crippen LogP contribution in [-0.2, 0) is 0 Å². The lowest BCUT2D eigenvalue weighted by atomic mass is 10.2. The maximum Gasteiger partial charge on any atom is 0.277 e. The molecule has 0 unspecified atom stereocenters. The van der Waals surface area contributed by atoms with E-state index < -0.39 is 0 Å². The van der Waals surface area contributed by atoms with Crippen molar-refractivity contribution in [3.8, 4) is 13.1 Å². The summed E-state index contributed by atoms with van der Waals surface area (Å²) >= 11 is 1.38. The molecule has 1 amide bonds. The van der Waals surface area contributed by atoms with E-state index in [2.05, 4.69) is 38.5 Å². The minimum atomic E-state index is -0.342. The topological polar surface area (TPSA) is 154 Å². The summed E-state index contributed by atoms with van der Waals surface area (Å²) in [6.45, 7) is 7.00. The number of nitrogens with zero attached hydrogens (tertiary/aromatic N) is 6. The normalized spacial score (nSPS) is 9.44. The van der Waals surface area contributed by atoms with Crippen LogP contribution < -0.4 is 11.2 Å². The van der Waals surface area contributed by atoms with Crippen molar-refractivity contribution in [2.75, 3.05) is 5.32 Å². The first-order valence-electron chi connectivity index (χ1n) is 6.49. The van der Waals surface area contributed by atoms with Gasteiger partial charge in [-0.1, -0.05) is 17.4 Å². The highest BCUT2D eigenvalue weighted by Gasteiger charge is 2.11. The fourth-order valence-corrected chi connectivity index (χ4v) is 2.58. The molecule has 0 saturated heterocycles. The molecule has 9 nitrogen and oxygen atoms in total. The Morgan fingerprint density at radius 1 is 1.28 bits per heavy atom. The minimum absolute atomic E-state index is 0.243. The molecule has 0 spiro atoms. The predicted molar refractivity (Wildman–Crippen MR) is 94.7 cm³/mol. The maximum absolute atomic E-state index is 12.0. The average Bonchev–Trinajstić information content (AvgIpc) is 3.07. The molecule has 10 heteroatoms. The van der Waals surface area contributed by atoms with Crippen LogP contribution in [0, 0.1) is 23.7 Å². The third kappa shape index (κ3) is 5.06. The SMILES string of the molecule is C#N.C#N.NN=Cc1ccc2sc(NC(=O)c3cnccn3)nc2c1. The van der Waals surface area contributed by atoms with Gasteiger partial charge in [-0.2, -0.15) is 5.10 Å². The molecule has 0 fully saturated rings. The van der Waals surface area contributed by atoms with Crippen LogP contribution in [0.15, 0.2) is 41.9 Å². The number of aromatic nitrogens is 3. The summed E-state index contributed by atoms with van der Waals surface area (Å²) in [5, 5.41) is 19.7. The highest BCUT2D eigenvalue weighted by molar-refractivity contribution is 7.22. The first kappa shape index (κ1) is 19.2. The molecular formula is C15H12N8OS. The number of fused-ring (bicyclic) bond motifs is 1. The molecule has 1 aromatic carbocycles. The van der Waals surface area contributed by atoms with Gasteiger partial charge in [0.25, 0.3) is 5.91 Å². The van der Waals surface area contributed by atoms with Crippen LogP contribution in [0.1, 0.15) is 16.1 Å². The summed E-state index contributed by atoms with van der Waals surface area (Å²) in [7, 11) is 0. The number of hydrogen-bond donors (Lipinski definition) is 2. The second-order valence-electron chi connectivity index (χ2n) is 4.07. The molecule has 0 atom stereocenters. The number of hydrogen-bond acceptors (Lipinski definition) is 9. The summed E-state index contributed by atoms with van der Waals surface area (Å²) in [5.74, 6) is 4.78. The number of rotatable bonds is 3. The quantitative estimate of drug-likeness (QED) is 0.414. The van der Waals surface area contributed by atoms with Crippen molar-refractivity contribution in [2.24, 2.45) is 10.9 Å². The van der Waals surface area contributed by atoms with Gasteiger partial charge in [0.05, 0.1) is 22.6 Å². The fourth-order valence-electron chi connectivity index (χ4n) is 1.74. The molecule has 0 aliphatic rings. The highest BCUT2D eigenvalue weighted by atomic mass is 32.1. The van der Waals surface area contributed by atoms with Crippen LogP contribution in [0.3, 0.4) is 0 Å². The van der Waals surface area contributed by atoms with E-state index in [0.717, 1.165) is 15.8 Å². The second kappa shape index (κ2) is 9.99. The van der Waals surface area contributed by atoms with Gasteiger partial charge in [0, 0.05) is 25.5 Å². The number of hydrazone groups is 1. The van der Waals surface area contributed by atoms with Gasteiger partial charge >= 0.3 is 0 Å². The van der Waals surface area contributed by atoms with Gasteiger partial charge in [0.15, 0.2) is 5.13 Å². The van der Waals surface area contributed by atoms with Crippen molar-refractivity contribution >= 4 is 38.8 Å². The zero-order valence-electron chi connectivity index (χ0n) is 12.8. The summed E-state index contributed by atoms with van der Waals surface area (Å²) in [6.07, 6.45) is 5.91. The minimum Gasteiger partial charge on any atom is -0.323 e. The molecule has 0 radical (unpaired) electrons. The van der Waals surface area contributed by atoms with Gasteiger partial charge in [0.1, 0.15) is 5.69 Å². The van der Waals surface area contributed by atoms with E-state index in [1.807, 2.05) is 18.2 Å². The van der Waals surface area contributed by atoms with E-state index in [0.29, 0.717) is 5.13 Å². The van der Waals surface area contributed by atoms with Crippen molar-refractivity contribution in [3.05, 3.63) is 48.0 Å². The molecular weight excluding hydrogens is 340 g/mol.